The lowest BCUT2D eigenvalue weighted by Crippen LogP contribution is -2.05. The van der Waals surface area contributed by atoms with Crippen LogP contribution < -0.4 is 4.74 Å². The van der Waals surface area contributed by atoms with E-state index in [-0.39, 0.29) is 5.97 Å². The lowest BCUT2D eigenvalue weighted by atomic mass is 10.1. The van der Waals surface area contributed by atoms with Crippen LogP contribution in [0.25, 0.3) is 0 Å². The molecular formula is C16H16O3. The molecule has 19 heavy (non-hydrogen) atoms. The van der Waals surface area contributed by atoms with Gasteiger partial charge in [0.15, 0.2) is 0 Å². The first kappa shape index (κ1) is 13.1. The second-order valence-electron chi connectivity index (χ2n) is 4.08. The zero-order valence-electron chi connectivity index (χ0n) is 11.1. The molecule has 0 saturated carbocycles. The Morgan fingerprint density at radius 2 is 1.79 bits per heavy atom. The molecule has 0 spiro atoms. The van der Waals surface area contributed by atoms with Gasteiger partial charge >= 0.3 is 5.97 Å². The highest BCUT2D eigenvalue weighted by Gasteiger charge is 2.11. The number of benzene rings is 2. The van der Waals surface area contributed by atoms with Gasteiger partial charge in [0.1, 0.15) is 11.5 Å². The SMILES string of the molecule is CCc1cc(Oc2ccccc2)ccc1C(=O)OC. The van der Waals surface area contributed by atoms with Crippen LogP contribution in [-0.4, -0.2) is 13.1 Å². The van der Waals surface area contributed by atoms with Crippen LogP contribution in [0.15, 0.2) is 48.5 Å². The topological polar surface area (TPSA) is 35.5 Å². The highest BCUT2D eigenvalue weighted by atomic mass is 16.5. The number of rotatable bonds is 4. The highest BCUT2D eigenvalue weighted by molar-refractivity contribution is 5.91. The van der Waals surface area contributed by atoms with E-state index >= 15 is 0 Å². The number of aryl methyl sites for hydroxylation is 1. The van der Waals surface area contributed by atoms with Gasteiger partial charge in [-0.25, -0.2) is 4.79 Å². The molecule has 0 amide bonds. The third kappa shape index (κ3) is 3.13. The van der Waals surface area contributed by atoms with E-state index in [1.54, 1.807) is 12.1 Å². The van der Waals surface area contributed by atoms with E-state index in [1.807, 2.05) is 43.3 Å². The largest absolute Gasteiger partial charge is 0.465 e. The van der Waals surface area contributed by atoms with E-state index in [4.69, 9.17) is 9.47 Å². The molecule has 0 N–H and O–H groups in total. The zero-order chi connectivity index (χ0) is 13.7. The van der Waals surface area contributed by atoms with Gasteiger partial charge in [-0.2, -0.15) is 0 Å². The minimum atomic E-state index is -0.317. The van der Waals surface area contributed by atoms with Crippen molar-refractivity contribution in [1.29, 1.82) is 0 Å². The van der Waals surface area contributed by atoms with Crippen LogP contribution in [0.1, 0.15) is 22.8 Å². The fourth-order valence-electron chi connectivity index (χ4n) is 1.86. The van der Waals surface area contributed by atoms with Crippen molar-refractivity contribution in [3.8, 4) is 11.5 Å². The molecule has 0 aliphatic carbocycles. The summed E-state index contributed by atoms with van der Waals surface area (Å²) in [5.41, 5.74) is 1.51. The molecule has 0 radical (unpaired) electrons. The van der Waals surface area contributed by atoms with Crippen LogP contribution in [0.5, 0.6) is 11.5 Å². The summed E-state index contributed by atoms with van der Waals surface area (Å²) in [4.78, 5) is 11.6. The van der Waals surface area contributed by atoms with E-state index < -0.39 is 0 Å². The summed E-state index contributed by atoms with van der Waals surface area (Å²) >= 11 is 0. The lowest BCUT2D eigenvalue weighted by molar-refractivity contribution is 0.0599. The van der Waals surface area contributed by atoms with E-state index in [9.17, 15) is 4.79 Å². The standard InChI is InChI=1S/C16H16O3/c1-3-12-11-14(9-10-15(12)16(17)18-2)19-13-7-5-4-6-8-13/h4-11H,3H2,1-2H3. The third-order valence-corrected chi connectivity index (χ3v) is 2.84. The fraction of sp³-hybridized carbons (Fsp3) is 0.188. The Kier molecular flexibility index (Phi) is 4.18. The minimum Gasteiger partial charge on any atom is -0.465 e. The summed E-state index contributed by atoms with van der Waals surface area (Å²) < 4.78 is 10.5. The molecule has 3 nitrogen and oxygen atoms in total. The van der Waals surface area contributed by atoms with Gasteiger partial charge in [0.05, 0.1) is 12.7 Å². The smallest absolute Gasteiger partial charge is 0.338 e. The second kappa shape index (κ2) is 6.05. The molecule has 2 rings (SSSR count). The fourth-order valence-corrected chi connectivity index (χ4v) is 1.86. The van der Waals surface area contributed by atoms with Gasteiger partial charge in [-0.1, -0.05) is 25.1 Å². The first-order valence-electron chi connectivity index (χ1n) is 6.18. The summed E-state index contributed by atoms with van der Waals surface area (Å²) in [5, 5.41) is 0. The van der Waals surface area contributed by atoms with Gasteiger partial charge in [-0.15, -0.1) is 0 Å². The van der Waals surface area contributed by atoms with Crippen molar-refractivity contribution in [2.75, 3.05) is 7.11 Å². The van der Waals surface area contributed by atoms with Crippen LogP contribution in [0.4, 0.5) is 0 Å². The van der Waals surface area contributed by atoms with E-state index in [1.165, 1.54) is 7.11 Å². The number of esters is 1. The number of para-hydroxylation sites is 1. The predicted octanol–water partition coefficient (Wildman–Crippen LogP) is 3.83. The Balaban J connectivity index is 2.27. The van der Waals surface area contributed by atoms with Gasteiger partial charge in [0.25, 0.3) is 0 Å². The molecule has 98 valence electrons. The predicted molar refractivity (Wildman–Crippen MR) is 73.7 cm³/mol. The Labute approximate surface area is 112 Å². The summed E-state index contributed by atoms with van der Waals surface area (Å²) in [6, 6.07) is 14.9. The van der Waals surface area contributed by atoms with Crippen molar-refractivity contribution in [1.82, 2.24) is 0 Å². The Morgan fingerprint density at radius 1 is 1.05 bits per heavy atom. The molecule has 3 heteroatoms. The minimum absolute atomic E-state index is 0.317. The van der Waals surface area contributed by atoms with Gasteiger partial charge in [-0.3, -0.25) is 0 Å². The van der Waals surface area contributed by atoms with Crippen molar-refractivity contribution >= 4 is 5.97 Å². The van der Waals surface area contributed by atoms with Gasteiger partial charge in [0.2, 0.25) is 0 Å². The number of carbonyl (C=O) groups is 1. The van der Waals surface area contributed by atoms with E-state index in [2.05, 4.69) is 0 Å². The first-order valence-corrected chi connectivity index (χ1v) is 6.18. The van der Waals surface area contributed by atoms with Crippen LogP contribution in [0.2, 0.25) is 0 Å². The zero-order valence-corrected chi connectivity index (χ0v) is 11.1. The van der Waals surface area contributed by atoms with Crippen LogP contribution in [0, 0.1) is 0 Å². The normalized spacial score (nSPS) is 10.0. The van der Waals surface area contributed by atoms with E-state index in [0.717, 1.165) is 23.5 Å². The Hall–Kier alpha value is -2.29. The molecule has 0 aliphatic rings. The average molecular weight is 256 g/mol. The Bertz CT molecular complexity index is 561. The van der Waals surface area contributed by atoms with Gasteiger partial charge < -0.3 is 9.47 Å². The quantitative estimate of drug-likeness (QED) is 0.780. The van der Waals surface area contributed by atoms with Crippen molar-refractivity contribution in [3.05, 3.63) is 59.7 Å². The first-order chi connectivity index (χ1) is 9.24. The van der Waals surface area contributed by atoms with Crippen LogP contribution in [-0.2, 0) is 11.2 Å². The Morgan fingerprint density at radius 3 is 2.42 bits per heavy atom. The van der Waals surface area contributed by atoms with Crippen molar-refractivity contribution < 1.29 is 14.3 Å². The number of hydrogen-bond donors (Lipinski definition) is 0. The maximum Gasteiger partial charge on any atom is 0.338 e. The number of carbonyl (C=O) groups excluding carboxylic acids is 1. The summed E-state index contributed by atoms with van der Waals surface area (Å²) in [6.45, 7) is 1.99. The van der Waals surface area contributed by atoms with Crippen molar-refractivity contribution in [2.24, 2.45) is 0 Å². The number of methoxy groups -OCH3 is 1. The molecule has 0 bridgehead atoms. The summed E-state index contributed by atoms with van der Waals surface area (Å²) in [5.74, 6) is 1.18. The van der Waals surface area contributed by atoms with E-state index in [0.29, 0.717) is 5.56 Å². The monoisotopic (exact) mass is 256 g/mol. The maximum absolute atomic E-state index is 11.6. The van der Waals surface area contributed by atoms with Gasteiger partial charge in [-0.05, 0) is 42.3 Å². The van der Waals surface area contributed by atoms with Crippen LogP contribution in [0.3, 0.4) is 0 Å². The molecule has 2 aromatic carbocycles. The van der Waals surface area contributed by atoms with Crippen molar-refractivity contribution in [3.63, 3.8) is 0 Å². The average Bonchev–Trinajstić information content (AvgIpc) is 2.47. The molecule has 0 unspecified atom stereocenters. The summed E-state index contributed by atoms with van der Waals surface area (Å²) in [6.07, 6.45) is 0.746. The number of ether oxygens (including phenoxy) is 2. The molecule has 2 aromatic rings. The lowest BCUT2D eigenvalue weighted by Gasteiger charge is -2.10. The van der Waals surface area contributed by atoms with Gasteiger partial charge in [0, 0.05) is 0 Å². The molecule has 0 saturated heterocycles. The molecule has 0 fully saturated rings. The third-order valence-electron chi connectivity index (χ3n) is 2.84. The molecule has 0 aromatic heterocycles. The maximum atomic E-state index is 11.6. The molecule has 0 aliphatic heterocycles. The highest BCUT2D eigenvalue weighted by Crippen LogP contribution is 2.24. The molecule has 0 heterocycles. The van der Waals surface area contributed by atoms with Crippen molar-refractivity contribution in [2.45, 2.75) is 13.3 Å². The van der Waals surface area contributed by atoms with Crippen LogP contribution >= 0.6 is 0 Å². The second-order valence-corrected chi connectivity index (χ2v) is 4.08. The molecule has 0 atom stereocenters. The summed E-state index contributed by atoms with van der Waals surface area (Å²) in [7, 11) is 1.39. The number of hydrogen-bond acceptors (Lipinski definition) is 3. The molecular weight excluding hydrogens is 240 g/mol.